The smallest absolute Gasteiger partial charge is 0.407 e. The molecule has 1 fully saturated rings. The molecule has 2 aromatic carbocycles. The Kier molecular flexibility index (Phi) is 47.3. The van der Waals surface area contributed by atoms with E-state index in [2.05, 4.69) is 43.1 Å². The highest BCUT2D eigenvalue weighted by Crippen LogP contribution is 2.33. The molecule has 0 unspecified atom stereocenters. The number of aromatic nitrogens is 3. The average molecular weight is 1630 g/mol. The van der Waals surface area contributed by atoms with Crippen molar-refractivity contribution in [1.29, 1.82) is 0 Å². The molecule has 4 heterocycles. The number of unbranched alkanes of at least 4 members (excludes halogenated alkanes) is 4. The number of imide groups is 1. The number of nitrogens with zero attached hydrogens (tertiary/aromatic N) is 4. The lowest BCUT2D eigenvalue weighted by Crippen LogP contribution is -2.60. The van der Waals surface area contributed by atoms with E-state index in [0.717, 1.165) is 59.5 Å². The molecule has 2 aliphatic heterocycles. The molecule has 0 saturated carbocycles. The number of pyridine rings is 1. The summed E-state index contributed by atoms with van der Waals surface area (Å²) in [5, 5.41) is 55.9. The van der Waals surface area contributed by atoms with Crippen molar-refractivity contribution in [2.75, 3.05) is 210 Å². The fraction of sp³-hybridized carbons (Fsp3) is 0.662. The molecule has 2 aromatic heterocycles. The quantitative estimate of drug-likeness (QED) is 0.0169. The molecule has 115 heavy (non-hydrogen) atoms. The molecule has 0 spiro atoms. The van der Waals surface area contributed by atoms with Crippen LogP contribution in [0.3, 0.4) is 0 Å². The molecule has 0 aliphatic carbocycles. The Morgan fingerprint density at radius 1 is 0.574 bits per heavy atom. The van der Waals surface area contributed by atoms with E-state index in [9.17, 15) is 58.8 Å². The minimum atomic E-state index is -1.82. The number of hydrogen-bond donors (Lipinski definition) is 10. The van der Waals surface area contributed by atoms with Crippen LogP contribution in [0.5, 0.6) is 5.75 Å². The number of carbonyl (C=O) groups is 8. The molecule has 38 heteroatoms. The molecule has 0 radical (unpaired) electrons. The Morgan fingerprint density at radius 2 is 1.14 bits per heavy atom. The SMILES string of the molecule is CCCCc1nc2c(N)nc3cc(C(=O)OC)ccc3c2n1CCCCCNC(=O)OCc1ccc(O[C@H]2O[C@H](CO)[C@@H](O)[C@H](O)[C@@H]2O)c(NC(=O)CCNC(=O)[C@H](CCCCNC(=O)CCOCCOCCOCCOCCOCCOCCOCCOCCOCCOCCOCCOC)NC(=O)CCN2C(=O)C=CC2=O)c1. The molecule has 38 nitrogen and oxygen atoms in total. The second-order valence-corrected chi connectivity index (χ2v) is 26.4. The summed E-state index contributed by atoms with van der Waals surface area (Å²) in [6.07, 6.45) is -2.01. The number of aliphatic hydroxyl groups is 4. The van der Waals surface area contributed by atoms with Crippen LogP contribution >= 0.6 is 0 Å². The number of anilines is 2. The molecule has 4 aromatic rings. The summed E-state index contributed by atoms with van der Waals surface area (Å²) in [4.78, 5) is 113. The van der Waals surface area contributed by atoms with Crippen LogP contribution in [0.1, 0.15) is 99.3 Å². The highest BCUT2D eigenvalue weighted by Gasteiger charge is 2.45. The number of methoxy groups -OCH3 is 2. The number of nitrogen functional groups attached to an aromatic ring is 1. The van der Waals surface area contributed by atoms with Crippen LogP contribution in [0, 0.1) is 0 Å². The van der Waals surface area contributed by atoms with Crippen molar-refractivity contribution in [3.05, 3.63) is 65.5 Å². The number of nitrogens with one attached hydrogen (secondary N) is 5. The summed E-state index contributed by atoms with van der Waals surface area (Å²) in [5.41, 5.74) is 9.03. The zero-order chi connectivity index (χ0) is 82.6. The van der Waals surface area contributed by atoms with Gasteiger partial charge in [-0.25, -0.2) is 19.6 Å². The third kappa shape index (κ3) is 36.4. The number of esters is 1. The predicted molar refractivity (Wildman–Crippen MR) is 413 cm³/mol. The number of fused-ring (bicyclic) bond motifs is 3. The monoisotopic (exact) mass is 1630 g/mol. The lowest BCUT2D eigenvalue weighted by Gasteiger charge is -2.39. The van der Waals surface area contributed by atoms with Gasteiger partial charge in [0, 0.05) is 83.1 Å². The molecule has 2 aliphatic rings. The Hall–Kier alpha value is -8.26. The van der Waals surface area contributed by atoms with Crippen LogP contribution in [0.2, 0.25) is 0 Å². The molecule has 6 atom stereocenters. The number of rotatable bonds is 65. The van der Waals surface area contributed by atoms with Crippen molar-refractivity contribution in [1.82, 2.24) is 40.7 Å². The highest BCUT2D eigenvalue weighted by molar-refractivity contribution is 6.13. The molecule has 11 N–H and O–H groups in total. The molecule has 0 bridgehead atoms. The number of alkyl carbamates (subject to hydrolysis) is 1. The van der Waals surface area contributed by atoms with Crippen LogP contribution in [-0.2, 0) is 119 Å². The van der Waals surface area contributed by atoms with Gasteiger partial charge in [0.2, 0.25) is 29.9 Å². The molecule has 644 valence electrons. The zero-order valence-electron chi connectivity index (χ0n) is 66.2. The van der Waals surface area contributed by atoms with Crippen LogP contribution in [0.25, 0.3) is 21.9 Å². The summed E-state index contributed by atoms with van der Waals surface area (Å²) < 4.78 is 89.4. The van der Waals surface area contributed by atoms with Crippen molar-refractivity contribution in [2.45, 2.75) is 134 Å². The number of amides is 7. The van der Waals surface area contributed by atoms with Crippen molar-refractivity contribution >= 4 is 80.9 Å². The fourth-order valence-electron chi connectivity index (χ4n) is 11.5. The van der Waals surface area contributed by atoms with Crippen molar-refractivity contribution in [2.24, 2.45) is 0 Å². The third-order valence-corrected chi connectivity index (χ3v) is 17.7. The minimum absolute atomic E-state index is 0.0290. The predicted octanol–water partition coefficient (Wildman–Crippen LogP) is 1.32. The highest BCUT2D eigenvalue weighted by atomic mass is 16.7. The molecule has 7 amide bonds. The number of imidazole rings is 1. The van der Waals surface area contributed by atoms with E-state index in [-0.39, 0.29) is 94.8 Å². The number of hydrogen-bond acceptors (Lipinski definition) is 31. The van der Waals surface area contributed by atoms with E-state index >= 15 is 0 Å². The summed E-state index contributed by atoms with van der Waals surface area (Å²) in [6.45, 7) is 11.4. The van der Waals surface area contributed by atoms with Gasteiger partial charge in [0.25, 0.3) is 11.8 Å². The maximum Gasteiger partial charge on any atom is 0.407 e. The van der Waals surface area contributed by atoms with Gasteiger partial charge in [0.05, 0.1) is 188 Å². The van der Waals surface area contributed by atoms with Gasteiger partial charge in [-0.1, -0.05) is 19.4 Å². The Labute approximate surface area is 668 Å². The van der Waals surface area contributed by atoms with Crippen molar-refractivity contribution < 1.29 is 135 Å². The molecular formula is C77H118N10O28. The Bertz CT molecular complexity index is 3550. The maximum atomic E-state index is 13.8. The van der Waals surface area contributed by atoms with Crippen LogP contribution < -0.4 is 37.1 Å². The second-order valence-electron chi connectivity index (χ2n) is 26.4. The average Bonchev–Trinajstić information content (AvgIpc) is 1.61. The lowest BCUT2D eigenvalue weighted by atomic mass is 9.99. The second kappa shape index (κ2) is 56.9. The lowest BCUT2D eigenvalue weighted by molar-refractivity contribution is -0.277. The number of carbonyl (C=O) groups excluding carboxylic acids is 8. The van der Waals surface area contributed by atoms with Crippen molar-refractivity contribution in [3.63, 3.8) is 0 Å². The van der Waals surface area contributed by atoms with Gasteiger partial charge in [-0.3, -0.25) is 33.7 Å². The van der Waals surface area contributed by atoms with E-state index in [1.54, 1.807) is 19.2 Å². The maximum absolute atomic E-state index is 13.8. The first-order chi connectivity index (χ1) is 56.0. The minimum Gasteiger partial charge on any atom is -0.465 e. The van der Waals surface area contributed by atoms with Gasteiger partial charge in [0.15, 0.2) is 5.82 Å². The van der Waals surface area contributed by atoms with E-state index in [1.807, 2.05) is 6.07 Å². The van der Waals surface area contributed by atoms with Gasteiger partial charge in [-0.2, -0.15) is 0 Å². The first-order valence-corrected chi connectivity index (χ1v) is 39.1. The normalized spacial score (nSPS) is 16.3. The number of nitrogens with two attached hydrogens (primary N) is 1. The number of ether oxygens (including phenoxy) is 16. The van der Waals surface area contributed by atoms with Crippen LogP contribution in [0.4, 0.5) is 16.3 Å². The summed E-state index contributed by atoms with van der Waals surface area (Å²) in [5.74, 6) is -2.91. The number of aliphatic hydroxyl groups excluding tert-OH is 4. The number of benzene rings is 2. The van der Waals surface area contributed by atoms with E-state index < -0.39 is 85.0 Å². The fourth-order valence-corrected chi connectivity index (χ4v) is 11.5. The summed E-state index contributed by atoms with van der Waals surface area (Å²) >= 11 is 0. The molecule has 6 rings (SSSR count). The first-order valence-electron chi connectivity index (χ1n) is 39.1. The standard InChI is InChI=1S/C77H118N10O28/c1-4-5-12-62-85-68-69(56-15-14-55(75(98)101-3)51-58(56)84-73(68)78)86(62)25-10-6-8-23-81-77(99)113-53-54-13-16-60(114-76-72(96)71(95)70(94)61(52-88)115-76)59(50-54)83-64(90)19-24-80-74(97)57(82-65(91)20-26-87-66(92)17-18-67(87)93)11-7-9-22-79-63(89)21-27-102-30-31-104-34-35-106-38-39-108-42-43-110-46-47-112-49-48-111-45-44-109-41-40-107-37-36-105-33-32-103-29-28-100-2/h13-18,50-51,57,61,70-72,76,88,94-96H,4-12,19-49,52-53H2,1-3H3,(H2,78,84)(H,79,89)(H,80,97)(H,81,99)(H,82,91)(H,83,90)/t57-,61+,70+,71-,72-,76-/m0/s1. The van der Waals surface area contributed by atoms with Gasteiger partial charge in [-0.15, -0.1) is 0 Å². The molecular weight excluding hydrogens is 1510 g/mol. The van der Waals surface area contributed by atoms with E-state index in [0.29, 0.717) is 193 Å². The van der Waals surface area contributed by atoms with Gasteiger partial charge >= 0.3 is 12.1 Å². The zero-order valence-corrected chi connectivity index (χ0v) is 66.2. The molecule has 1 saturated heterocycles. The summed E-state index contributed by atoms with van der Waals surface area (Å²) in [6, 6.07) is 8.29. The van der Waals surface area contributed by atoms with Gasteiger partial charge < -0.3 is 133 Å². The van der Waals surface area contributed by atoms with E-state index in [4.69, 9.17) is 86.5 Å². The first kappa shape index (κ1) is 95.6. The Morgan fingerprint density at radius 3 is 1.70 bits per heavy atom. The van der Waals surface area contributed by atoms with Crippen LogP contribution in [0.15, 0.2) is 48.6 Å². The van der Waals surface area contributed by atoms with Gasteiger partial charge in [0.1, 0.15) is 54.2 Å². The topological polar surface area (TPSA) is 485 Å². The van der Waals surface area contributed by atoms with Gasteiger partial charge in [-0.05, 0) is 80.8 Å². The van der Waals surface area contributed by atoms with Crippen molar-refractivity contribution in [3.8, 4) is 5.75 Å². The summed E-state index contributed by atoms with van der Waals surface area (Å²) in [7, 11) is 2.94. The van der Waals surface area contributed by atoms with Crippen LogP contribution in [-0.4, -0.2) is 323 Å². The largest absolute Gasteiger partial charge is 0.465 e. The number of aryl methyl sites for hydroxylation is 2. The Balaban J connectivity index is 0.843. The third-order valence-electron chi connectivity index (χ3n) is 17.7. The van der Waals surface area contributed by atoms with E-state index in [1.165, 1.54) is 25.3 Å².